The van der Waals surface area contributed by atoms with E-state index in [2.05, 4.69) is 13.8 Å². The van der Waals surface area contributed by atoms with Crippen LogP contribution in [0.4, 0.5) is 0 Å². The fourth-order valence-electron chi connectivity index (χ4n) is 4.59. The summed E-state index contributed by atoms with van der Waals surface area (Å²) in [4.78, 5) is 37.0. The zero-order valence-electron chi connectivity index (χ0n) is 28.4. The maximum Gasteiger partial charge on any atom is 0.306 e. The van der Waals surface area contributed by atoms with Crippen molar-refractivity contribution in [3.05, 3.63) is 0 Å². The average molecular weight is 636 g/mol. The van der Waals surface area contributed by atoms with Gasteiger partial charge in [-0.25, -0.2) is 0 Å². The third kappa shape index (κ3) is 30.8. The average Bonchev–Trinajstić information content (AvgIpc) is 2.93. The molecule has 0 aliphatic rings. The van der Waals surface area contributed by atoms with Crippen LogP contribution in [-0.2, 0) is 32.7 Å². The number of esters is 2. The zero-order valence-corrected chi connectivity index (χ0v) is 29.3. The molecule has 0 rings (SSSR count). The number of unbranched alkanes of at least 4 members (excludes halogenated alkanes) is 17. The SMILES string of the molecule is CCCCCCCCCCCCCCC(=O)OC[C@@H](COP(=O)([O-])OCC[N+](C)(C)C)OC(=O)CCCCCCCCC. The highest BCUT2D eigenvalue weighted by Gasteiger charge is 2.21. The fourth-order valence-corrected chi connectivity index (χ4v) is 5.32. The van der Waals surface area contributed by atoms with Gasteiger partial charge in [-0.1, -0.05) is 123 Å². The van der Waals surface area contributed by atoms with Gasteiger partial charge in [0.05, 0.1) is 27.7 Å². The molecule has 0 amide bonds. The first kappa shape index (κ1) is 42.0. The van der Waals surface area contributed by atoms with Crippen molar-refractivity contribution in [2.24, 2.45) is 0 Å². The van der Waals surface area contributed by atoms with E-state index in [4.69, 9.17) is 18.5 Å². The van der Waals surface area contributed by atoms with Crippen LogP contribution in [0.25, 0.3) is 0 Å². The monoisotopic (exact) mass is 635 g/mol. The van der Waals surface area contributed by atoms with Gasteiger partial charge in [0.1, 0.15) is 19.8 Å². The van der Waals surface area contributed by atoms with E-state index in [9.17, 15) is 19.0 Å². The molecule has 1 unspecified atom stereocenters. The molecular formula is C33H66NO8P. The highest BCUT2D eigenvalue weighted by atomic mass is 31.2. The van der Waals surface area contributed by atoms with Gasteiger partial charge in [0.15, 0.2) is 6.10 Å². The summed E-state index contributed by atoms with van der Waals surface area (Å²) in [6.45, 7) is 4.15. The van der Waals surface area contributed by atoms with E-state index in [1.165, 1.54) is 77.0 Å². The Hall–Kier alpha value is -0.990. The van der Waals surface area contributed by atoms with Gasteiger partial charge in [0.25, 0.3) is 7.82 Å². The lowest BCUT2D eigenvalue weighted by molar-refractivity contribution is -0.870. The molecule has 0 aromatic carbocycles. The minimum atomic E-state index is -4.60. The second kappa shape index (κ2) is 27.3. The Morgan fingerprint density at radius 3 is 1.49 bits per heavy atom. The molecule has 0 N–H and O–H groups in total. The molecule has 0 aromatic heterocycles. The Balaban J connectivity index is 4.42. The van der Waals surface area contributed by atoms with Crippen molar-refractivity contribution in [3.63, 3.8) is 0 Å². The highest BCUT2D eigenvalue weighted by molar-refractivity contribution is 7.45. The summed E-state index contributed by atoms with van der Waals surface area (Å²) in [7, 11) is 1.17. The number of likely N-dealkylation sites (N-methyl/N-ethyl adjacent to an activating group) is 1. The van der Waals surface area contributed by atoms with Crippen LogP contribution < -0.4 is 4.89 Å². The van der Waals surface area contributed by atoms with Crippen LogP contribution in [0.2, 0.25) is 0 Å². The van der Waals surface area contributed by atoms with Gasteiger partial charge in [0, 0.05) is 12.8 Å². The largest absolute Gasteiger partial charge is 0.756 e. The third-order valence-corrected chi connectivity index (χ3v) is 8.34. The second-order valence-electron chi connectivity index (χ2n) is 12.9. The molecule has 0 aliphatic heterocycles. The number of hydrogen-bond acceptors (Lipinski definition) is 8. The van der Waals surface area contributed by atoms with E-state index in [0.29, 0.717) is 17.4 Å². The summed E-state index contributed by atoms with van der Waals surface area (Å²) >= 11 is 0. The summed E-state index contributed by atoms with van der Waals surface area (Å²) in [5.41, 5.74) is 0. The minimum absolute atomic E-state index is 0.0268. The maximum atomic E-state index is 12.4. The molecule has 2 atom stereocenters. The number of ether oxygens (including phenoxy) is 2. The summed E-state index contributed by atoms with van der Waals surface area (Å²) in [5.74, 6) is -0.837. The minimum Gasteiger partial charge on any atom is -0.756 e. The first-order chi connectivity index (χ1) is 20.5. The Bertz CT molecular complexity index is 728. The summed E-state index contributed by atoms with van der Waals surface area (Å²) in [6.07, 6.45) is 21.5. The Labute approximate surface area is 264 Å². The normalized spacial score (nSPS) is 13.9. The molecule has 0 bridgehead atoms. The maximum absolute atomic E-state index is 12.4. The summed E-state index contributed by atoms with van der Waals surface area (Å²) < 4.78 is 33.5. The first-order valence-corrected chi connectivity index (χ1v) is 18.7. The third-order valence-electron chi connectivity index (χ3n) is 7.38. The van der Waals surface area contributed by atoms with Gasteiger partial charge in [-0.2, -0.15) is 0 Å². The summed E-state index contributed by atoms with van der Waals surface area (Å²) in [5, 5.41) is 0. The van der Waals surface area contributed by atoms with Crippen LogP contribution in [-0.4, -0.2) is 70.0 Å². The number of phosphoric acid groups is 1. The van der Waals surface area contributed by atoms with Crippen LogP contribution in [0.3, 0.4) is 0 Å². The molecule has 0 aromatic rings. The molecule has 0 aliphatic carbocycles. The smallest absolute Gasteiger partial charge is 0.306 e. The zero-order chi connectivity index (χ0) is 32.2. The molecule has 256 valence electrons. The Kier molecular flexibility index (Phi) is 26.7. The molecule has 10 heteroatoms. The number of quaternary nitrogens is 1. The Morgan fingerprint density at radius 2 is 1.05 bits per heavy atom. The number of hydrogen-bond donors (Lipinski definition) is 0. The number of carbonyl (C=O) groups excluding carboxylic acids is 2. The van der Waals surface area contributed by atoms with Gasteiger partial charge < -0.3 is 27.9 Å². The van der Waals surface area contributed by atoms with Crippen LogP contribution in [0, 0.1) is 0 Å². The predicted octanol–water partition coefficient (Wildman–Crippen LogP) is 7.88. The van der Waals surface area contributed by atoms with Crippen molar-refractivity contribution in [1.29, 1.82) is 0 Å². The Morgan fingerprint density at radius 1 is 0.628 bits per heavy atom. The number of phosphoric ester groups is 1. The number of rotatable bonds is 31. The van der Waals surface area contributed by atoms with E-state index in [-0.39, 0.29) is 32.0 Å². The van der Waals surface area contributed by atoms with Crippen LogP contribution in [0.5, 0.6) is 0 Å². The van der Waals surface area contributed by atoms with Crippen molar-refractivity contribution < 1.29 is 42.1 Å². The fraction of sp³-hybridized carbons (Fsp3) is 0.939. The molecule has 9 nitrogen and oxygen atoms in total. The highest BCUT2D eigenvalue weighted by Crippen LogP contribution is 2.38. The lowest BCUT2D eigenvalue weighted by Gasteiger charge is -2.28. The van der Waals surface area contributed by atoms with Crippen molar-refractivity contribution in [1.82, 2.24) is 0 Å². The van der Waals surface area contributed by atoms with Crippen LogP contribution >= 0.6 is 7.82 Å². The molecule has 0 spiro atoms. The molecule has 43 heavy (non-hydrogen) atoms. The molecule has 0 radical (unpaired) electrons. The van der Waals surface area contributed by atoms with Crippen molar-refractivity contribution in [2.75, 3.05) is 47.5 Å². The lowest BCUT2D eigenvalue weighted by atomic mass is 10.0. The molecular weight excluding hydrogens is 569 g/mol. The topological polar surface area (TPSA) is 111 Å². The molecule has 0 heterocycles. The first-order valence-electron chi connectivity index (χ1n) is 17.2. The molecule has 0 saturated carbocycles. The van der Waals surface area contributed by atoms with E-state index < -0.39 is 26.5 Å². The second-order valence-corrected chi connectivity index (χ2v) is 14.3. The van der Waals surface area contributed by atoms with Crippen molar-refractivity contribution in [3.8, 4) is 0 Å². The van der Waals surface area contributed by atoms with E-state index in [0.717, 1.165) is 38.5 Å². The lowest BCUT2D eigenvalue weighted by Crippen LogP contribution is -2.37. The van der Waals surface area contributed by atoms with Crippen LogP contribution in [0.15, 0.2) is 0 Å². The quantitative estimate of drug-likeness (QED) is 0.0327. The number of nitrogens with zero attached hydrogens (tertiary/aromatic N) is 1. The van der Waals surface area contributed by atoms with Gasteiger partial charge in [-0.15, -0.1) is 0 Å². The van der Waals surface area contributed by atoms with Gasteiger partial charge in [-0.3, -0.25) is 14.2 Å². The van der Waals surface area contributed by atoms with Crippen molar-refractivity contribution in [2.45, 2.75) is 155 Å². The van der Waals surface area contributed by atoms with Gasteiger partial charge in [0.2, 0.25) is 0 Å². The van der Waals surface area contributed by atoms with Crippen molar-refractivity contribution >= 4 is 19.8 Å². The predicted molar refractivity (Wildman–Crippen MR) is 172 cm³/mol. The molecule has 0 saturated heterocycles. The van der Waals surface area contributed by atoms with E-state index in [1.54, 1.807) is 0 Å². The van der Waals surface area contributed by atoms with E-state index >= 15 is 0 Å². The molecule has 0 fully saturated rings. The van der Waals surface area contributed by atoms with E-state index in [1.807, 2.05) is 21.1 Å². The summed E-state index contributed by atoms with van der Waals surface area (Å²) in [6, 6.07) is 0. The standard InChI is InChI=1S/C33H66NO8P/c1-6-8-10-12-14-15-16-17-18-20-21-23-25-32(35)39-29-31(30-41-43(37,38)40-28-27-34(3,4)5)42-33(36)26-24-22-19-13-11-9-7-2/h31H,6-30H2,1-5H3/t31-/m0/s1. The van der Waals surface area contributed by atoms with Crippen LogP contribution in [0.1, 0.15) is 149 Å². The number of carbonyl (C=O) groups is 2. The van der Waals surface area contributed by atoms with Gasteiger partial charge in [-0.05, 0) is 12.8 Å². The van der Waals surface area contributed by atoms with Gasteiger partial charge >= 0.3 is 11.9 Å².